The van der Waals surface area contributed by atoms with Crippen LogP contribution in [-0.2, 0) is 6.54 Å². The van der Waals surface area contributed by atoms with Crippen molar-refractivity contribution in [3.8, 4) is 11.1 Å². The number of anilines is 1. The number of hydrogen-bond acceptors (Lipinski definition) is 4. The van der Waals surface area contributed by atoms with Gasteiger partial charge in [-0.1, -0.05) is 35.9 Å². The third kappa shape index (κ3) is 4.99. The van der Waals surface area contributed by atoms with E-state index in [-0.39, 0.29) is 5.91 Å². The first kappa shape index (κ1) is 22.7. The van der Waals surface area contributed by atoms with Crippen LogP contribution in [-0.4, -0.2) is 40.9 Å². The molecule has 4 aromatic rings. The number of halogens is 1. The van der Waals surface area contributed by atoms with Gasteiger partial charge >= 0.3 is 0 Å². The topological polar surface area (TPSA) is 49.3 Å². The van der Waals surface area contributed by atoms with Crippen LogP contribution in [0.1, 0.15) is 29.8 Å². The summed E-state index contributed by atoms with van der Waals surface area (Å²) in [5, 5.41) is 1.66. The van der Waals surface area contributed by atoms with E-state index >= 15 is 0 Å². The van der Waals surface area contributed by atoms with Crippen molar-refractivity contribution in [2.24, 2.45) is 0 Å². The Balaban J connectivity index is 1.61. The summed E-state index contributed by atoms with van der Waals surface area (Å²) in [6.45, 7) is 6.54. The summed E-state index contributed by atoms with van der Waals surface area (Å²) < 4.78 is 0. The van der Waals surface area contributed by atoms with Crippen LogP contribution >= 0.6 is 11.6 Å². The number of fused-ring (bicyclic) bond motifs is 1. The van der Waals surface area contributed by atoms with Crippen molar-refractivity contribution >= 4 is 34.2 Å². The lowest BCUT2D eigenvalue weighted by Crippen LogP contribution is -2.26. The van der Waals surface area contributed by atoms with E-state index in [1.165, 1.54) is 0 Å². The van der Waals surface area contributed by atoms with Gasteiger partial charge in [0.2, 0.25) is 0 Å². The Kier molecular flexibility index (Phi) is 6.90. The predicted molar refractivity (Wildman–Crippen MR) is 136 cm³/mol. The molecular formula is C27H27ClN4O. The van der Waals surface area contributed by atoms with Crippen LogP contribution in [0.4, 0.5) is 5.82 Å². The van der Waals surface area contributed by atoms with E-state index in [4.69, 9.17) is 11.6 Å². The second-order valence-corrected chi connectivity index (χ2v) is 8.41. The maximum Gasteiger partial charge on any atom is 0.253 e. The van der Waals surface area contributed by atoms with Gasteiger partial charge in [0.25, 0.3) is 5.91 Å². The predicted octanol–water partition coefficient (Wildman–Crippen LogP) is 6.07. The van der Waals surface area contributed by atoms with Crippen molar-refractivity contribution in [3.63, 3.8) is 0 Å². The Morgan fingerprint density at radius 3 is 2.36 bits per heavy atom. The molecule has 0 unspecified atom stereocenters. The van der Waals surface area contributed by atoms with E-state index in [2.05, 4.69) is 53.0 Å². The van der Waals surface area contributed by atoms with E-state index < -0.39 is 0 Å². The number of rotatable bonds is 7. The van der Waals surface area contributed by atoms with Crippen LogP contribution in [0.25, 0.3) is 22.0 Å². The summed E-state index contributed by atoms with van der Waals surface area (Å²) in [5.41, 5.74) is 4.80. The number of amides is 1. The van der Waals surface area contributed by atoms with Gasteiger partial charge in [-0.2, -0.15) is 0 Å². The molecule has 0 spiro atoms. The molecule has 0 saturated heterocycles. The number of nitrogens with zero attached hydrogens (tertiary/aromatic N) is 4. The van der Waals surface area contributed by atoms with Crippen molar-refractivity contribution in [1.82, 2.24) is 14.9 Å². The van der Waals surface area contributed by atoms with Crippen molar-refractivity contribution in [2.45, 2.75) is 20.4 Å². The van der Waals surface area contributed by atoms with Gasteiger partial charge in [-0.15, -0.1) is 0 Å². The highest BCUT2D eigenvalue weighted by Gasteiger charge is 2.14. The second-order valence-electron chi connectivity index (χ2n) is 7.97. The average Bonchev–Trinajstić information content (AvgIpc) is 2.85. The minimum Gasteiger partial charge on any atom is -0.357 e. The Labute approximate surface area is 199 Å². The number of carbonyl (C=O) groups is 1. The molecule has 0 radical (unpaired) electrons. The van der Waals surface area contributed by atoms with Crippen LogP contribution in [0.15, 0.2) is 73.1 Å². The first-order chi connectivity index (χ1) is 16.0. The van der Waals surface area contributed by atoms with Gasteiger partial charge < -0.3 is 9.80 Å². The first-order valence-electron chi connectivity index (χ1n) is 11.1. The first-order valence-corrected chi connectivity index (χ1v) is 11.5. The average molecular weight is 459 g/mol. The fourth-order valence-corrected chi connectivity index (χ4v) is 4.13. The lowest BCUT2D eigenvalue weighted by molar-refractivity contribution is 0.0785. The van der Waals surface area contributed by atoms with E-state index in [0.29, 0.717) is 17.1 Å². The minimum atomic E-state index is -0.0382. The summed E-state index contributed by atoms with van der Waals surface area (Å²) in [4.78, 5) is 25.7. The molecule has 1 amide bonds. The lowest BCUT2D eigenvalue weighted by Gasteiger charge is -2.21. The zero-order valence-electron chi connectivity index (χ0n) is 19.1. The summed E-state index contributed by atoms with van der Waals surface area (Å²) in [6, 6.07) is 21.6. The molecule has 3 aromatic carbocycles. The highest BCUT2D eigenvalue weighted by molar-refractivity contribution is 6.30. The van der Waals surface area contributed by atoms with Crippen molar-refractivity contribution in [1.29, 1.82) is 0 Å². The zero-order chi connectivity index (χ0) is 23.4. The summed E-state index contributed by atoms with van der Waals surface area (Å²) in [6.07, 6.45) is 1.63. The molecule has 0 aliphatic carbocycles. The van der Waals surface area contributed by atoms with E-state index in [1.54, 1.807) is 35.5 Å². The molecule has 5 nitrogen and oxygen atoms in total. The fraction of sp³-hybridized carbons (Fsp3) is 0.222. The van der Waals surface area contributed by atoms with E-state index in [9.17, 15) is 4.79 Å². The van der Waals surface area contributed by atoms with E-state index in [1.807, 2.05) is 25.2 Å². The molecule has 0 aliphatic rings. The van der Waals surface area contributed by atoms with Crippen LogP contribution < -0.4 is 4.90 Å². The molecule has 33 heavy (non-hydrogen) atoms. The Hall–Kier alpha value is -3.44. The third-order valence-corrected chi connectivity index (χ3v) is 6.05. The molecule has 0 bridgehead atoms. The minimum absolute atomic E-state index is 0.0382. The van der Waals surface area contributed by atoms with Crippen LogP contribution in [0.5, 0.6) is 0 Å². The third-order valence-electron chi connectivity index (χ3n) is 5.80. The van der Waals surface area contributed by atoms with Crippen LogP contribution in [0.3, 0.4) is 0 Å². The Morgan fingerprint density at radius 1 is 0.909 bits per heavy atom. The lowest BCUT2D eigenvalue weighted by atomic mass is 10.0. The molecule has 0 atom stereocenters. The Morgan fingerprint density at radius 2 is 1.64 bits per heavy atom. The fourth-order valence-electron chi connectivity index (χ4n) is 4.01. The van der Waals surface area contributed by atoms with Gasteiger partial charge in [-0.05, 0) is 73.0 Å². The molecule has 0 fully saturated rings. The van der Waals surface area contributed by atoms with Crippen LogP contribution in [0, 0.1) is 0 Å². The monoisotopic (exact) mass is 458 g/mol. The zero-order valence-corrected chi connectivity index (χ0v) is 19.9. The van der Waals surface area contributed by atoms with Crippen molar-refractivity contribution in [2.75, 3.05) is 25.0 Å². The number of aromatic nitrogens is 2. The number of benzene rings is 3. The normalized spacial score (nSPS) is 10.9. The molecule has 4 rings (SSSR count). The van der Waals surface area contributed by atoms with Crippen molar-refractivity contribution in [3.05, 3.63) is 89.2 Å². The Bertz CT molecular complexity index is 1270. The van der Waals surface area contributed by atoms with Crippen LogP contribution in [0.2, 0.25) is 5.02 Å². The highest BCUT2D eigenvalue weighted by Crippen LogP contribution is 2.29. The highest BCUT2D eigenvalue weighted by atomic mass is 35.5. The quantitative estimate of drug-likeness (QED) is 0.337. The molecule has 0 N–H and O–H groups in total. The molecule has 0 aliphatic heterocycles. The molecule has 1 aromatic heterocycles. The number of carbonyl (C=O) groups excluding carboxylic acids is 1. The van der Waals surface area contributed by atoms with Gasteiger partial charge in [0, 0.05) is 42.7 Å². The summed E-state index contributed by atoms with van der Waals surface area (Å²) >= 11 is 5.95. The summed E-state index contributed by atoms with van der Waals surface area (Å²) in [5.74, 6) is 0.917. The molecule has 168 valence electrons. The number of hydrogen-bond donors (Lipinski definition) is 0. The summed E-state index contributed by atoms with van der Waals surface area (Å²) in [7, 11) is 1.81. The van der Waals surface area contributed by atoms with Gasteiger partial charge in [-0.25, -0.2) is 9.97 Å². The van der Waals surface area contributed by atoms with Gasteiger partial charge in [0.05, 0.1) is 5.52 Å². The smallest absolute Gasteiger partial charge is 0.253 e. The van der Waals surface area contributed by atoms with Crippen molar-refractivity contribution < 1.29 is 4.79 Å². The maximum absolute atomic E-state index is 12.8. The van der Waals surface area contributed by atoms with Gasteiger partial charge in [-0.3, -0.25) is 4.79 Å². The second kappa shape index (κ2) is 10.0. The van der Waals surface area contributed by atoms with E-state index in [0.717, 1.165) is 46.5 Å². The molecule has 6 heteroatoms. The molecule has 0 saturated carbocycles. The maximum atomic E-state index is 12.8. The van der Waals surface area contributed by atoms with Gasteiger partial charge in [0.15, 0.2) is 0 Å². The SMILES string of the molecule is CCN(CC)c1ncnc2ccc(-c3cccc(CN(C)C(=O)c4ccc(Cl)cc4)c3)cc12. The standard InChI is InChI=1S/C27H27ClN4O/c1-4-32(5-2)26-24-16-22(11-14-25(24)29-18-30-26)21-8-6-7-19(15-21)17-31(3)27(33)20-9-12-23(28)13-10-20/h6-16,18H,4-5,17H2,1-3H3. The molecule has 1 heterocycles. The molecular weight excluding hydrogens is 432 g/mol. The largest absolute Gasteiger partial charge is 0.357 e. The van der Waals surface area contributed by atoms with Gasteiger partial charge in [0.1, 0.15) is 12.1 Å².